The van der Waals surface area contributed by atoms with E-state index in [2.05, 4.69) is 56.5 Å². The van der Waals surface area contributed by atoms with E-state index in [9.17, 15) is 19.2 Å². The van der Waals surface area contributed by atoms with Gasteiger partial charge in [0.05, 0.1) is 49.7 Å². The van der Waals surface area contributed by atoms with Gasteiger partial charge in [0.1, 0.15) is 34.5 Å². The van der Waals surface area contributed by atoms with Crippen LogP contribution >= 0.6 is 0 Å². The fourth-order valence-electron chi connectivity index (χ4n) is 9.58. The summed E-state index contributed by atoms with van der Waals surface area (Å²) in [6.45, 7) is 11.6. The predicted molar refractivity (Wildman–Crippen MR) is 336 cm³/mol. The second-order valence-electron chi connectivity index (χ2n) is 21.0. The Morgan fingerprint density at radius 3 is 1.20 bits per heavy atom. The zero-order valence-corrected chi connectivity index (χ0v) is 49.3. The van der Waals surface area contributed by atoms with Crippen LogP contribution in [-0.2, 0) is 44.7 Å². The van der Waals surface area contributed by atoms with Crippen molar-refractivity contribution in [2.45, 2.75) is 110 Å². The third-order valence-electron chi connectivity index (χ3n) is 14.5. The Morgan fingerprint density at radius 2 is 0.756 bits per heavy atom. The van der Waals surface area contributed by atoms with Crippen molar-refractivity contribution < 1.29 is 57.1 Å². The molecule has 0 aliphatic carbocycles. The summed E-state index contributed by atoms with van der Waals surface area (Å²) >= 11 is 0. The van der Waals surface area contributed by atoms with Gasteiger partial charge in [-0.05, 0) is 220 Å². The van der Waals surface area contributed by atoms with Crippen LogP contribution < -0.4 is 28.4 Å². The Kier molecular flexibility index (Phi) is 24.8. The molecule has 0 amide bonds. The second kappa shape index (κ2) is 33.9. The maximum absolute atomic E-state index is 13.1. The van der Waals surface area contributed by atoms with Gasteiger partial charge in [0.2, 0.25) is 5.88 Å². The number of esters is 4. The highest BCUT2D eigenvalue weighted by Crippen LogP contribution is 2.36. The van der Waals surface area contributed by atoms with Gasteiger partial charge in [-0.3, -0.25) is 0 Å². The molecule has 8 rings (SSSR count). The number of aryl methyl sites for hydroxylation is 4. The molecule has 0 fully saturated rings. The van der Waals surface area contributed by atoms with E-state index >= 15 is 0 Å². The second-order valence-corrected chi connectivity index (χ2v) is 21.0. The average Bonchev–Trinajstić information content (AvgIpc) is 1.09. The summed E-state index contributed by atoms with van der Waals surface area (Å²) in [6, 6.07) is 49.8. The summed E-state index contributed by atoms with van der Waals surface area (Å²) in [5, 5.41) is 2.95. The molecule has 0 spiro atoms. The number of pyridine rings is 1. The minimum Gasteiger partial charge on any atom is -0.494 e. The molecule has 0 bridgehead atoms. The molecule has 1 heterocycles. The van der Waals surface area contributed by atoms with Gasteiger partial charge in [0.15, 0.2) is 0 Å². The Bertz CT molecular complexity index is 3470. The standard InChI is InChI=1S/C73H77NO12/c1-4-7-8-13-46-79-59-32-38-62(39-33-59)84-71-67-51-55(20-18-53-22-28-57(29-23-53)72(77)85-63-40-34-60(35-41-63)80-47-14-9-11-16-49-82-69(75)5-2)26-44-65(67)66-45-27-56(52-68(66)74-71)21-19-54-24-30-58(31-25-54)73(78)86-64-42-36-61(37-43-64)81-48-15-10-12-17-50-83-70(76)6-3/h5-6,22-45,51-52H,2-4,7-21,46-50H2,1H3. The number of carbonyl (C=O) groups excluding carboxylic acids is 4. The summed E-state index contributed by atoms with van der Waals surface area (Å²) in [5.41, 5.74) is 6.14. The lowest BCUT2D eigenvalue weighted by molar-refractivity contribution is -0.138. The normalized spacial score (nSPS) is 10.9. The van der Waals surface area contributed by atoms with E-state index in [0.717, 1.165) is 140 Å². The minimum absolute atomic E-state index is 0.391. The Labute approximate surface area is 504 Å². The molecule has 0 unspecified atom stereocenters. The van der Waals surface area contributed by atoms with E-state index in [1.54, 1.807) is 72.8 Å². The Hall–Kier alpha value is -9.23. The van der Waals surface area contributed by atoms with Gasteiger partial charge in [0.25, 0.3) is 0 Å². The molecule has 86 heavy (non-hydrogen) atoms. The molecule has 0 N–H and O–H groups in total. The van der Waals surface area contributed by atoms with Gasteiger partial charge in [-0.2, -0.15) is 0 Å². The first-order valence-corrected chi connectivity index (χ1v) is 30.1. The first kappa shape index (κ1) is 62.8. The van der Waals surface area contributed by atoms with E-state index < -0.39 is 23.9 Å². The van der Waals surface area contributed by atoms with Crippen molar-refractivity contribution in [3.05, 3.63) is 216 Å². The van der Waals surface area contributed by atoms with Crippen molar-refractivity contribution in [1.82, 2.24) is 4.98 Å². The number of carbonyl (C=O) groups is 4. The fourth-order valence-corrected chi connectivity index (χ4v) is 9.58. The number of fused-ring (bicyclic) bond motifs is 3. The number of benzene rings is 7. The van der Waals surface area contributed by atoms with Crippen LogP contribution in [0.5, 0.6) is 40.4 Å². The largest absolute Gasteiger partial charge is 0.494 e. The van der Waals surface area contributed by atoms with Gasteiger partial charge >= 0.3 is 23.9 Å². The van der Waals surface area contributed by atoms with Gasteiger partial charge in [-0.1, -0.05) is 87.9 Å². The van der Waals surface area contributed by atoms with E-state index in [4.69, 9.17) is 42.9 Å². The molecule has 0 atom stereocenters. The van der Waals surface area contributed by atoms with Crippen LogP contribution in [0.15, 0.2) is 183 Å². The lowest BCUT2D eigenvalue weighted by atomic mass is 9.97. The Morgan fingerprint density at radius 1 is 0.384 bits per heavy atom. The molecule has 0 saturated heterocycles. The van der Waals surface area contributed by atoms with Gasteiger partial charge in [-0.15, -0.1) is 0 Å². The van der Waals surface area contributed by atoms with Crippen LogP contribution in [0.4, 0.5) is 0 Å². The maximum Gasteiger partial charge on any atom is 0.343 e. The highest BCUT2D eigenvalue weighted by molar-refractivity contribution is 6.08. The monoisotopic (exact) mass is 1160 g/mol. The zero-order chi connectivity index (χ0) is 60.1. The van der Waals surface area contributed by atoms with Crippen LogP contribution in [0, 0.1) is 0 Å². The molecule has 13 heteroatoms. The van der Waals surface area contributed by atoms with E-state index in [1.165, 1.54) is 25.0 Å². The number of rotatable bonds is 36. The molecule has 0 aliphatic rings. The zero-order valence-electron chi connectivity index (χ0n) is 49.3. The topological polar surface area (TPSA) is 155 Å². The summed E-state index contributed by atoms with van der Waals surface area (Å²) in [5.74, 6) is 2.53. The van der Waals surface area contributed by atoms with Gasteiger partial charge < -0.3 is 37.9 Å². The summed E-state index contributed by atoms with van der Waals surface area (Å²) < 4.78 is 45.8. The van der Waals surface area contributed by atoms with Gasteiger partial charge in [0, 0.05) is 22.9 Å². The van der Waals surface area contributed by atoms with Crippen molar-refractivity contribution in [2.24, 2.45) is 0 Å². The number of unbranched alkanes of at least 4 members (excludes halogenated alkanes) is 9. The van der Waals surface area contributed by atoms with E-state index in [0.29, 0.717) is 78.8 Å². The molecule has 0 aliphatic heterocycles. The minimum atomic E-state index is -0.441. The van der Waals surface area contributed by atoms with Crippen LogP contribution in [0.1, 0.15) is 127 Å². The maximum atomic E-state index is 13.1. The summed E-state index contributed by atoms with van der Waals surface area (Å²) in [7, 11) is 0. The molecule has 0 saturated carbocycles. The molecule has 8 aromatic rings. The van der Waals surface area contributed by atoms with Crippen molar-refractivity contribution in [3.8, 4) is 40.4 Å². The van der Waals surface area contributed by atoms with Crippen LogP contribution in [-0.4, -0.2) is 61.9 Å². The average molecular weight is 1160 g/mol. The smallest absolute Gasteiger partial charge is 0.343 e. The van der Waals surface area contributed by atoms with E-state index in [-0.39, 0.29) is 0 Å². The quantitative estimate of drug-likeness (QED) is 0.0120. The Balaban J connectivity index is 0.853. The van der Waals surface area contributed by atoms with Crippen LogP contribution in [0.25, 0.3) is 21.7 Å². The SMILES string of the molecule is C=CC(=O)OCCCCCCOc1ccc(OC(=O)c2ccc(CCc3ccc4c(c3)nc(Oc3ccc(OCCCCCC)cc3)c3cc(CCc5ccc(C(=O)Oc6ccc(OCCCCCCOC(=O)C=C)cc6)cc5)ccc34)cc2)cc1. The van der Waals surface area contributed by atoms with Crippen molar-refractivity contribution in [2.75, 3.05) is 33.0 Å². The number of nitrogens with zero attached hydrogens (tertiary/aromatic N) is 1. The van der Waals surface area contributed by atoms with E-state index in [1.807, 2.05) is 48.5 Å². The molecule has 13 nitrogen and oxygen atoms in total. The molecule has 7 aromatic carbocycles. The third kappa shape index (κ3) is 20.2. The first-order chi connectivity index (χ1) is 42.1. The number of ether oxygens (including phenoxy) is 8. The summed E-state index contributed by atoms with van der Waals surface area (Å²) in [6.07, 6.45) is 17.0. The van der Waals surface area contributed by atoms with Crippen molar-refractivity contribution >= 4 is 45.6 Å². The van der Waals surface area contributed by atoms with Gasteiger partial charge in [-0.25, -0.2) is 24.2 Å². The first-order valence-electron chi connectivity index (χ1n) is 30.1. The van der Waals surface area contributed by atoms with Crippen molar-refractivity contribution in [3.63, 3.8) is 0 Å². The molecule has 1 aromatic heterocycles. The lowest BCUT2D eigenvalue weighted by Crippen LogP contribution is -2.08. The molecular weight excluding hydrogens is 1080 g/mol. The molecule has 446 valence electrons. The van der Waals surface area contributed by atoms with Crippen molar-refractivity contribution in [1.29, 1.82) is 0 Å². The van der Waals surface area contributed by atoms with Crippen LogP contribution in [0.2, 0.25) is 0 Å². The number of hydrogen-bond acceptors (Lipinski definition) is 13. The highest BCUT2D eigenvalue weighted by atomic mass is 16.5. The highest BCUT2D eigenvalue weighted by Gasteiger charge is 2.16. The lowest BCUT2D eigenvalue weighted by Gasteiger charge is -2.14. The number of hydrogen-bond donors (Lipinski definition) is 0. The molecular formula is C73H77NO12. The summed E-state index contributed by atoms with van der Waals surface area (Å²) in [4.78, 5) is 53.7. The van der Waals surface area contributed by atoms with Crippen LogP contribution in [0.3, 0.4) is 0 Å². The number of aromatic nitrogens is 1. The predicted octanol–water partition coefficient (Wildman–Crippen LogP) is 16.5. The fraction of sp³-hybridized carbons (Fsp3) is 0.301. The third-order valence-corrected chi connectivity index (χ3v) is 14.5. The molecule has 0 radical (unpaired) electrons.